The van der Waals surface area contributed by atoms with E-state index in [0.29, 0.717) is 23.5 Å². The SMILES string of the molecule is COc1ccc(C[C@H](NC(=O)Nc2ccc(C#N)cc2)c2nnn(CCO)n2)cc1. The number of ether oxygens (including phenoxy) is 1. The second kappa shape index (κ2) is 9.99. The molecule has 2 aromatic carbocycles. The molecule has 2 amide bonds. The summed E-state index contributed by atoms with van der Waals surface area (Å²) in [6.45, 7) is 0.0885. The molecule has 0 spiro atoms. The Morgan fingerprint density at radius 3 is 2.60 bits per heavy atom. The molecule has 0 unspecified atom stereocenters. The maximum atomic E-state index is 12.5. The number of aromatic nitrogens is 4. The van der Waals surface area contributed by atoms with Gasteiger partial charge in [-0.3, -0.25) is 0 Å². The summed E-state index contributed by atoms with van der Waals surface area (Å²) in [5, 5.41) is 35.7. The maximum absolute atomic E-state index is 12.5. The van der Waals surface area contributed by atoms with Crippen molar-refractivity contribution in [2.24, 2.45) is 0 Å². The molecule has 10 heteroatoms. The summed E-state index contributed by atoms with van der Waals surface area (Å²) in [4.78, 5) is 13.8. The van der Waals surface area contributed by atoms with Gasteiger partial charge in [0, 0.05) is 12.1 Å². The number of nitriles is 1. The molecule has 10 nitrogen and oxygen atoms in total. The van der Waals surface area contributed by atoms with Gasteiger partial charge in [-0.05, 0) is 47.2 Å². The zero-order valence-electron chi connectivity index (χ0n) is 16.3. The van der Waals surface area contributed by atoms with E-state index < -0.39 is 12.1 Å². The number of amides is 2. The number of hydrogen-bond acceptors (Lipinski definition) is 7. The predicted molar refractivity (Wildman–Crippen MR) is 108 cm³/mol. The van der Waals surface area contributed by atoms with E-state index in [-0.39, 0.29) is 13.2 Å². The molecule has 3 N–H and O–H groups in total. The third-order valence-electron chi connectivity index (χ3n) is 4.26. The number of tetrazole rings is 1. The number of nitrogens with one attached hydrogen (secondary N) is 2. The van der Waals surface area contributed by atoms with Crippen molar-refractivity contribution in [3.63, 3.8) is 0 Å². The molecule has 0 bridgehead atoms. The van der Waals surface area contributed by atoms with Crippen LogP contribution in [0.25, 0.3) is 0 Å². The third kappa shape index (κ3) is 5.52. The summed E-state index contributed by atoms with van der Waals surface area (Å²) >= 11 is 0. The van der Waals surface area contributed by atoms with E-state index in [1.54, 1.807) is 31.4 Å². The van der Waals surface area contributed by atoms with Crippen LogP contribution in [0.15, 0.2) is 48.5 Å². The van der Waals surface area contributed by atoms with Crippen molar-refractivity contribution in [3.8, 4) is 11.8 Å². The van der Waals surface area contributed by atoms with Crippen molar-refractivity contribution in [1.82, 2.24) is 25.5 Å². The van der Waals surface area contributed by atoms with Crippen LogP contribution in [0.3, 0.4) is 0 Å². The lowest BCUT2D eigenvalue weighted by Gasteiger charge is -2.16. The van der Waals surface area contributed by atoms with Crippen molar-refractivity contribution >= 4 is 11.7 Å². The fraction of sp³-hybridized carbons (Fsp3) is 0.250. The Bertz CT molecular complexity index is 1010. The molecule has 30 heavy (non-hydrogen) atoms. The monoisotopic (exact) mass is 407 g/mol. The maximum Gasteiger partial charge on any atom is 0.319 e. The molecule has 0 aliphatic carbocycles. The number of nitrogens with zero attached hydrogens (tertiary/aromatic N) is 5. The van der Waals surface area contributed by atoms with E-state index in [0.717, 1.165) is 11.3 Å². The Balaban J connectivity index is 1.74. The number of methoxy groups -OCH3 is 1. The quantitative estimate of drug-likeness (QED) is 0.516. The summed E-state index contributed by atoms with van der Waals surface area (Å²) in [6, 6.07) is 15.0. The smallest absolute Gasteiger partial charge is 0.319 e. The van der Waals surface area contributed by atoms with E-state index >= 15 is 0 Å². The first-order valence-electron chi connectivity index (χ1n) is 9.20. The highest BCUT2D eigenvalue weighted by Gasteiger charge is 2.21. The van der Waals surface area contributed by atoms with Crippen LogP contribution < -0.4 is 15.4 Å². The number of anilines is 1. The van der Waals surface area contributed by atoms with E-state index in [2.05, 4.69) is 26.0 Å². The first kappa shape index (κ1) is 20.8. The molecule has 1 aromatic heterocycles. The highest BCUT2D eigenvalue weighted by Crippen LogP contribution is 2.18. The van der Waals surface area contributed by atoms with Crippen molar-refractivity contribution < 1.29 is 14.6 Å². The van der Waals surface area contributed by atoms with Gasteiger partial charge >= 0.3 is 6.03 Å². The molecule has 154 valence electrons. The Morgan fingerprint density at radius 2 is 1.97 bits per heavy atom. The van der Waals surface area contributed by atoms with E-state index in [4.69, 9.17) is 15.1 Å². The largest absolute Gasteiger partial charge is 0.497 e. The molecule has 1 atom stereocenters. The predicted octanol–water partition coefficient (Wildman–Crippen LogP) is 1.65. The first-order valence-corrected chi connectivity index (χ1v) is 9.20. The molecule has 0 radical (unpaired) electrons. The van der Waals surface area contributed by atoms with Crippen molar-refractivity contribution in [2.75, 3.05) is 19.0 Å². The summed E-state index contributed by atoms with van der Waals surface area (Å²) in [7, 11) is 1.59. The van der Waals surface area contributed by atoms with E-state index in [1.165, 1.54) is 4.80 Å². The molecule has 0 aliphatic rings. The second-order valence-electron chi connectivity index (χ2n) is 6.36. The lowest BCUT2D eigenvalue weighted by Crippen LogP contribution is -2.34. The average molecular weight is 407 g/mol. The van der Waals surface area contributed by atoms with Gasteiger partial charge in [0.1, 0.15) is 5.75 Å². The third-order valence-corrected chi connectivity index (χ3v) is 4.26. The average Bonchev–Trinajstić information content (AvgIpc) is 3.23. The summed E-state index contributed by atoms with van der Waals surface area (Å²) in [5.74, 6) is 1.06. The number of benzene rings is 2. The summed E-state index contributed by atoms with van der Waals surface area (Å²) < 4.78 is 5.17. The first-order chi connectivity index (χ1) is 14.6. The van der Waals surface area contributed by atoms with Crippen LogP contribution >= 0.6 is 0 Å². The van der Waals surface area contributed by atoms with Crippen LogP contribution in [-0.2, 0) is 13.0 Å². The number of carbonyl (C=O) groups excluding carboxylic acids is 1. The van der Waals surface area contributed by atoms with Gasteiger partial charge in [-0.25, -0.2) is 4.79 Å². The zero-order valence-corrected chi connectivity index (χ0v) is 16.3. The number of aliphatic hydroxyl groups is 1. The van der Waals surface area contributed by atoms with Crippen LogP contribution in [0.4, 0.5) is 10.5 Å². The topological polar surface area (TPSA) is 138 Å². The number of rotatable bonds is 8. The van der Waals surface area contributed by atoms with Crippen molar-refractivity contribution in [1.29, 1.82) is 5.26 Å². The van der Waals surface area contributed by atoms with Gasteiger partial charge in [0.2, 0.25) is 0 Å². The fourth-order valence-electron chi connectivity index (χ4n) is 2.74. The van der Waals surface area contributed by atoms with E-state index in [9.17, 15) is 4.79 Å². The minimum atomic E-state index is -0.552. The molecule has 0 saturated carbocycles. The van der Waals surface area contributed by atoms with Crippen LogP contribution in [0, 0.1) is 11.3 Å². The standard InChI is InChI=1S/C20H21N7O3/c1-30-17-8-4-14(5-9-17)12-18(19-24-26-27(25-19)10-11-28)23-20(29)22-16-6-2-15(13-21)3-7-16/h2-9,18,28H,10-12H2,1H3,(H2,22,23,29)/t18-/m0/s1. The van der Waals surface area contributed by atoms with Gasteiger partial charge in [0.05, 0.1) is 37.9 Å². The second-order valence-corrected chi connectivity index (χ2v) is 6.36. The lowest BCUT2D eigenvalue weighted by atomic mass is 10.1. The van der Waals surface area contributed by atoms with E-state index in [1.807, 2.05) is 30.3 Å². The lowest BCUT2D eigenvalue weighted by molar-refractivity contribution is 0.247. The Morgan fingerprint density at radius 1 is 1.23 bits per heavy atom. The number of aliphatic hydroxyl groups excluding tert-OH is 1. The van der Waals surface area contributed by atoms with Gasteiger partial charge < -0.3 is 20.5 Å². The Hall–Kier alpha value is -3.97. The molecular formula is C20H21N7O3. The van der Waals surface area contributed by atoms with Gasteiger partial charge in [-0.15, -0.1) is 10.2 Å². The number of urea groups is 1. The molecule has 0 aliphatic heterocycles. The minimum absolute atomic E-state index is 0.119. The molecule has 0 saturated heterocycles. The van der Waals surface area contributed by atoms with Gasteiger partial charge in [-0.1, -0.05) is 12.1 Å². The number of carbonyl (C=O) groups is 1. The normalized spacial score (nSPS) is 11.4. The van der Waals surface area contributed by atoms with Crippen molar-refractivity contribution in [2.45, 2.75) is 19.0 Å². The Labute approximate surface area is 173 Å². The highest BCUT2D eigenvalue weighted by molar-refractivity contribution is 5.89. The highest BCUT2D eigenvalue weighted by atomic mass is 16.5. The van der Waals surface area contributed by atoms with Crippen LogP contribution in [0.1, 0.15) is 23.0 Å². The molecule has 3 aromatic rings. The summed E-state index contributed by atoms with van der Waals surface area (Å²) in [6.07, 6.45) is 0.426. The molecule has 1 heterocycles. The van der Waals surface area contributed by atoms with Crippen LogP contribution in [0.2, 0.25) is 0 Å². The van der Waals surface area contributed by atoms with Gasteiger partial charge in [0.15, 0.2) is 5.82 Å². The van der Waals surface area contributed by atoms with Gasteiger partial charge in [-0.2, -0.15) is 10.1 Å². The fourth-order valence-corrected chi connectivity index (χ4v) is 2.74. The number of hydrogen-bond donors (Lipinski definition) is 3. The van der Waals surface area contributed by atoms with Gasteiger partial charge in [0.25, 0.3) is 0 Å². The Kier molecular flexibility index (Phi) is 6.91. The van der Waals surface area contributed by atoms with Crippen LogP contribution in [-0.4, -0.2) is 45.1 Å². The minimum Gasteiger partial charge on any atom is -0.497 e. The van der Waals surface area contributed by atoms with Crippen LogP contribution in [0.5, 0.6) is 5.75 Å². The van der Waals surface area contributed by atoms with Crippen molar-refractivity contribution in [3.05, 3.63) is 65.5 Å². The molecular weight excluding hydrogens is 386 g/mol. The molecule has 0 fully saturated rings. The zero-order chi connectivity index (χ0) is 21.3. The summed E-state index contributed by atoms with van der Waals surface area (Å²) in [5.41, 5.74) is 1.99. The molecule has 3 rings (SSSR count).